The fourth-order valence-corrected chi connectivity index (χ4v) is 2.20. The summed E-state index contributed by atoms with van der Waals surface area (Å²) >= 11 is 0. The Morgan fingerprint density at radius 3 is 2.67 bits per heavy atom. The molecule has 0 aromatic heterocycles. The van der Waals surface area contributed by atoms with Crippen molar-refractivity contribution in [3.05, 3.63) is 30.1 Å². The van der Waals surface area contributed by atoms with Crippen LogP contribution < -0.4 is 10.1 Å². The van der Waals surface area contributed by atoms with Gasteiger partial charge in [0.1, 0.15) is 12.7 Å². The predicted octanol–water partition coefficient (Wildman–Crippen LogP) is 1.95. The van der Waals surface area contributed by atoms with Gasteiger partial charge in [0, 0.05) is 13.2 Å². The summed E-state index contributed by atoms with van der Waals surface area (Å²) in [5.41, 5.74) is 0. The molecule has 0 fully saturated rings. The van der Waals surface area contributed by atoms with Crippen LogP contribution in [-0.2, 0) is 0 Å². The lowest BCUT2D eigenvalue weighted by molar-refractivity contribution is 0.102. The molecule has 4 nitrogen and oxygen atoms in total. The summed E-state index contributed by atoms with van der Waals surface area (Å²) in [5.74, 6) is 0.143. The van der Waals surface area contributed by atoms with Crippen molar-refractivity contribution < 1.29 is 19.3 Å². The van der Waals surface area contributed by atoms with Crippen LogP contribution in [0.1, 0.15) is 26.2 Å². The van der Waals surface area contributed by atoms with Crippen molar-refractivity contribution in [3.8, 4) is 5.75 Å². The molecule has 3 N–H and O–H groups in total. The first-order valence-corrected chi connectivity index (χ1v) is 7.54. The van der Waals surface area contributed by atoms with Crippen LogP contribution in [0.15, 0.2) is 24.3 Å². The first kappa shape index (κ1) is 17.9. The zero-order valence-corrected chi connectivity index (χ0v) is 12.6. The second-order valence-corrected chi connectivity index (χ2v) is 5.22. The number of para-hydroxylation sites is 1. The molecule has 0 saturated heterocycles. The third-order valence-electron chi connectivity index (χ3n) is 3.32. The zero-order valence-electron chi connectivity index (χ0n) is 12.6. The first-order valence-electron chi connectivity index (χ1n) is 7.54. The van der Waals surface area contributed by atoms with Crippen molar-refractivity contribution in [3.63, 3.8) is 0 Å². The molecule has 0 aliphatic rings. The van der Waals surface area contributed by atoms with E-state index < -0.39 is 11.9 Å². The molecule has 2 unspecified atom stereocenters. The standard InChI is InChI=1S/C16H26FNO3/c1-2-5-13(8-9-19)10-18-11-14(20)12-21-16-7-4-3-6-15(16)17/h3-4,6-7,13-14,18-20H,2,5,8-12H2,1H3. The van der Waals surface area contributed by atoms with Crippen molar-refractivity contribution in [1.29, 1.82) is 0 Å². The van der Waals surface area contributed by atoms with E-state index in [1.165, 1.54) is 12.1 Å². The van der Waals surface area contributed by atoms with Crippen molar-refractivity contribution in [1.82, 2.24) is 5.32 Å². The number of ether oxygens (including phenoxy) is 1. The van der Waals surface area contributed by atoms with E-state index in [9.17, 15) is 9.50 Å². The molecule has 0 amide bonds. The smallest absolute Gasteiger partial charge is 0.165 e. The van der Waals surface area contributed by atoms with Crippen molar-refractivity contribution in [2.24, 2.45) is 5.92 Å². The van der Waals surface area contributed by atoms with E-state index in [2.05, 4.69) is 12.2 Å². The van der Waals surface area contributed by atoms with Crippen LogP contribution in [0.25, 0.3) is 0 Å². The summed E-state index contributed by atoms with van der Waals surface area (Å²) < 4.78 is 18.6. The highest BCUT2D eigenvalue weighted by Gasteiger charge is 2.10. The summed E-state index contributed by atoms with van der Waals surface area (Å²) in [6.45, 7) is 3.49. The van der Waals surface area contributed by atoms with Crippen LogP contribution in [0.2, 0.25) is 0 Å². The first-order chi connectivity index (χ1) is 10.2. The molecule has 1 aromatic rings. The number of hydrogen-bond acceptors (Lipinski definition) is 4. The minimum atomic E-state index is -0.694. The van der Waals surface area contributed by atoms with Gasteiger partial charge in [0.25, 0.3) is 0 Å². The number of benzene rings is 1. The summed E-state index contributed by atoms with van der Waals surface area (Å²) in [5, 5.41) is 22.0. The number of rotatable bonds is 11. The number of aliphatic hydroxyl groups excluding tert-OH is 2. The van der Waals surface area contributed by atoms with Crippen LogP contribution >= 0.6 is 0 Å². The maximum absolute atomic E-state index is 13.3. The Morgan fingerprint density at radius 1 is 1.24 bits per heavy atom. The SMILES string of the molecule is CCCC(CCO)CNCC(O)COc1ccccc1F. The fourth-order valence-electron chi connectivity index (χ4n) is 2.20. The van der Waals surface area contributed by atoms with Gasteiger partial charge in [-0.15, -0.1) is 0 Å². The van der Waals surface area contributed by atoms with E-state index in [1.54, 1.807) is 12.1 Å². The van der Waals surface area contributed by atoms with Crippen LogP contribution in [-0.4, -0.2) is 42.6 Å². The second kappa shape index (κ2) is 10.5. The van der Waals surface area contributed by atoms with Gasteiger partial charge in [0.05, 0.1) is 0 Å². The lowest BCUT2D eigenvalue weighted by Crippen LogP contribution is -2.34. The van der Waals surface area contributed by atoms with Crippen LogP contribution in [0.3, 0.4) is 0 Å². The van der Waals surface area contributed by atoms with E-state index in [4.69, 9.17) is 9.84 Å². The summed E-state index contributed by atoms with van der Waals surface area (Å²) in [6.07, 6.45) is 2.20. The fraction of sp³-hybridized carbons (Fsp3) is 0.625. The third-order valence-corrected chi connectivity index (χ3v) is 3.32. The van der Waals surface area contributed by atoms with Crippen molar-refractivity contribution in [2.75, 3.05) is 26.3 Å². The summed E-state index contributed by atoms with van der Waals surface area (Å²) in [4.78, 5) is 0. The van der Waals surface area contributed by atoms with Gasteiger partial charge in [0.15, 0.2) is 11.6 Å². The molecule has 120 valence electrons. The Labute approximate surface area is 125 Å². The molecule has 1 rings (SSSR count). The third kappa shape index (κ3) is 7.41. The van der Waals surface area contributed by atoms with Gasteiger partial charge in [-0.05, 0) is 37.4 Å². The van der Waals surface area contributed by atoms with Gasteiger partial charge >= 0.3 is 0 Å². The molecule has 21 heavy (non-hydrogen) atoms. The molecule has 1 aromatic carbocycles. The largest absolute Gasteiger partial charge is 0.488 e. The highest BCUT2D eigenvalue weighted by molar-refractivity contribution is 5.23. The van der Waals surface area contributed by atoms with E-state index in [0.29, 0.717) is 12.5 Å². The van der Waals surface area contributed by atoms with Crippen molar-refractivity contribution in [2.45, 2.75) is 32.3 Å². The lowest BCUT2D eigenvalue weighted by atomic mass is 10.0. The van der Waals surface area contributed by atoms with E-state index in [0.717, 1.165) is 25.8 Å². The molecule has 0 spiro atoms. The maximum atomic E-state index is 13.3. The Morgan fingerprint density at radius 2 is 2.00 bits per heavy atom. The van der Waals surface area contributed by atoms with Gasteiger partial charge < -0.3 is 20.3 Å². The van der Waals surface area contributed by atoms with Crippen molar-refractivity contribution >= 4 is 0 Å². The Kier molecular flexibility index (Phi) is 8.98. The highest BCUT2D eigenvalue weighted by Crippen LogP contribution is 2.15. The second-order valence-electron chi connectivity index (χ2n) is 5.22. The Hall–Kier alpha value is -1.17. The molecule has 2 atom stereocenters. The van der Waals surface area contributed by atoms with Crippen LogP contribution in [0, 0.1) is 11.7 Å². The molecule has 0 heterocycles. The predicted molar refractivity (Wildman–Crippen MR) is 80.9 cm³/mol. The Bertz CT molecular complexity index is 384. The van der Waals surface area contributed by atoms with E-state index in [-0.39, 0.29) is 19.0 Å². The molecule has 0 bridgehead atoms. The molecule has 5 heteroatoms. The van der Waals surface area contributed by atoms with Crippen LogP contribution in [0.5, 0.6) is 5.75 Å². The molecular weight excluding hydrogens is 273 g/mol. The average Bonchev–Trinajstić information content (AvgIpc) is 2.47. The molecule has 0 saturated carbocycles. The molecule has 0 aliphatic heterocycles. The van der Waals surface area contributed by atoms with Gasteiger partial charge in [-0.2, -0.15) is 0 Å². The maximum Gasteiger partial charge on any atom is 0.165 e. The van der Waals surface area contributed by atoms with Gasteiger partial charge in [-0.3, -0.25) is 0 Å². The van der Waals surface area contributed by atoms with E-state index in [1.807, 2.05) is 0 Å². The van der Waals surface area contributed by atoms with E-state index >= 15 is 0 Å². The number of aliphatic hydroxyl groups is 2. The highest BCUT2D eigenvalue weighted by atomic mass is 19.1. The Balaban J connectivity index is 2.21. The van der Waals surface area contributed by atoms with Gasteiger partial charge in [0.2, 0.25) is 0 Å². The topological polar surface area (TPSA) is 61.7 Å². The summed E-state index contributed by atoms with van der Waals surface area (Å²) in [6, 6.07) is 6.14. The monoisotopic (exact) mass is 299 g/mol. The summed E-state index contributed by atoms with van der Waals surface area (Å²) in [7, 11) is 0. The normalized spacial score (nSPS) is 13.9. The molecule has 0 radical (unpaired) electrons. The lowest BCUT2D eigenvalue weighted by Gasteiger charge is -2.18. The minimum Gasteiger partial charge on any atom is -0.488 e. The number of hydrogen-bond donors (Lipinski definition) is 3. The molecule has 0 aliphatic carbocycles. The van der Waals surface area contributed by atoms with Gasteiger partial charge in [-0.1, -0.05) is 25.5 Å². The van der Waals surface area contributed by atoms with Gasteiger partial charge in [-0.25, -0.2) is 4.39 Å². The zero-order chi connectivity index (χ0) is 15.5. The van der Waals surface area contributed by atoms with Crippen LogP contribution in [0.4, 0.5) is 4.39 Å². The average molecular weight is 299 g/mol. The number of halogens is 1. The molecular formula is C16H26FNO3. The minimum absolute atomic E-state index is 0.0480. The number of nitrogens with one attached hydrogen (secondary N) is 1. The quantitative estimate of drug-likeness (QED) is 0.584.